The van der Waals surface area contributed by atoms with Crippen molar-refractivity contribution in [2.45, 2.75) is 50.2 Å². The van der Waals surface area contributed by atoms with E-state index < -0.39 is 11.5 Å². The van der Waals surface area contributed by atoms with E-state index in [-0.39, 0.29) is 18.1 Å². The summed E-state index contributed by atoms with van der Waals surface area (Å²) in [6, 6.07) is -0.282. The topological polar surface area (TPSA) is 89.9 Å². The lowest BCUT2D eigenvalue weighted by Crippen LogP contribution is -2.56. The zero-order chi connectivity index (χ0) is 14.3. The van der Waals surface area contributed by atoms with E-state index in [1.807, 2.05) is 0 Å². The number of likely N-dealkylation sites (tertiary alicyclic amines) is 1. The van der Waals surface area contributed by atoms with Gasteiger partial charge in [-0.1, -0.05) is 12.8 Å². The lowest BCUT2D eigenvalue weighted by atomic mass is 9.98. The Morgan fingerprint density at radius 1 is 1.15 bits per heavy atom. The fourth-order valence-corrected chi connectivity index (χ4v) is 4.06. The molecule has 6 heteroatoms. The Morgan fingerprint density at radius 2 is 1.85 bits per heavy atom. The minimum absolute atomic E-state index is 0.171. The number of hydrogen-bond donors (Lipinski definition) is 3. The normalized spacial score (nSPS) is 35.0. The molecule has 2 saturated carbocycles. The number of nitrogens with zero attached hydrogens (tertiary/aromatic N) is 1. The van der Waals surface area contributed by atoms with E-state index in [0.29, 0.717) is 31.8 Å². The molecule has 3 aliphatic rings. The average Bonchev–Trinajstić information content (AvgIpc) is 3.07. The van der Waals surface area contributed by atoms with Crippen LogP contribution in [-0.4, -0.2) is 51.8 Å². The first-order chi connectivity index (χ1) is 9.52. The number of aliphatic hydroxyl groups is 1. The molecule has 2 amide bonds. The van der Waals surface area contributed by atoms with Crippen molar-refractivity contribution in [2.24, 2.45) is 11.8 Å². The minimum Gasteiger partial charge on any atom is -0.480 e. The number of fused-ring (bicyclic) bond motifs is 1. The molecular formula is C14H22N2O4. The Bertz CT molecular complexity index is 419. The predicted octanol–water partition coefficient (Wildman–Crippen LogP) is 0.796. The number of rotatable bonds is 2. The highest BCUT2D eigenvalue weighted by atomic mass is 16.4. The zero-order valence-corrected chi connectivity index (χ0v) is 11.5. The largest absolute Gasteiger partial charge is 0.480 e. The van der Waals surface area contributed by atoms with Crippen LogP contribution >= 0.6 is 0 Å². The molecule has 20 heavy (non-hydrogen) atoms. The molecule has 0 aromatic rings. The molecule has 0 aromatic heterocycles. The van der Waals surface area contributed by atoms with E-state index in [4.69, 9.17) is 0 Å². The Hall–Kier alpha value is -1.30. The van der Waals surface area contributed by atoms with Crippen LogP contribution < -0.4 is 5.32 Å². The lowest BCUT2D eigenvalue weighted by Gasteiger charge is -2.29. The van der Waals surface area contributed by atoms with Gasteiger partial charge in [0.2, 0.25) is 0 Å². The van der Waals surface area contributed by atoms with Crippen LogP contribution in [0, 0.1) is 11.8 Å². The van der Waals surface area contributed by atoms with Crippen molar-refractivity contribution in [2.75, 3.05) is 13.1 Å². The van der Waals surface area contributed by atoms with Gasteiger partial charge in [-0.25, -0.2) is 9.59 Å². The third-order valence-corrected chi connectivity index (χ3v) is 5.32. The molecule has 2 aliphatic carbocycles. The van der Waals surface area contributed by atoms with Crippen LogP contribution in [-0.2, 0) is 4.79 Å². The summed E-state index contributed by atoms with van der Waals surface area (Å²) in [6.07, 6.45) is 4.18. The fraction of sp³-hybridized carbons (Fsp3) is 0.857. The van der Waals surface area contributed by atoms with Gasteiger partial charge in [0.15, 0.2) is 0 Å². The summed E-state index contributed by atoms with van der Waals surface area (Å²) in [5, 5.41) is 22.0. The number of aliphatic carboxylic acids is 1. The smallest absolute Gasteiger partial charge is 0.329 e. The predicted molar refractivity (Wildman–Crippen MR) is 71.2 cm³/mol. The van der Waals surface area contributed by atoms with Gasteiger partial charge < -0.3 is 20.4 Å². The van der Waals surface area contributed by atoms with Crippen molar-refractivity contribution in [3.8, 4) is 0 Å². The number of carboxylic acids is 1. The Labute approximate surface area is 118 Å². The minimum atomic E-state index is -1.08. The Kier molecular flexibility index (Phi) is 3.36. The maximum absolute atomic E-state index is 12.3. The average molecular weight is 282 g/mol. The number of carbonyl (C=O) groups is 2. The highest BCUT2D eigenvalue weighted by Crippen LogP contribution is 2.38. The van der Waals surface area contributed by atoms with Crippen molar-refractivity contribution >= 4 is 12.0 Å². The van der Waals surface area contributed by atoms with Crippen LogP contribution in [0.1, 0.15) is 38.5 Å². The van der Waals surface area contributed by atoms with Crippen LogP contribution in [0.3, 0.4) is 0 Å². The fourth-order valence-electron chi connectivity index (χ4n) is 4.06. The van der Waals surface area contributed by atoms with E-state index in [9.17, 15) is 19.8 Å². The van der Waals surface area contributed by atoms with Crippen molar-refractivity contribution in [3.05, 3.63) is 0 Å². The maximum atomic E-state index is 12.3. The highest BCUT2D eigenvalue weighted by molar-refractivity contribution is 5.86. The van der Waals surface area contributed by atoms with Crippen LogP contribution in [0.4, 0.5) is 4.79 Å². The number of urea groups is 1. The molecule has 3 rings (SSSR count). The van der Waals surface area contributed by atoms with E-state index >= 15 is 0 Å². The van der Waals surface area contributed by atoms with E-state index in [1.165, 1.54) is 0 Å². The van der Waals surface area contributed by atoms with Gasteiger partial charge >= 0.3 is 12.0 Å². The first kappa shape index (κ1) is 13.7. The molecule has 0 bridgehead atoms. The van der Waals surface area contributed by atoms with Gasteiger partial charge in [-0.3, -0.25) is 0 Å². The monoisotopic (exact) mass is 282 g/mol. The van der Waals surface area contributed by atoms with E-state index in [0.717, 1.165) is 25.7 Å². The molecule has 3 unspecified atom stereocenters. The summed E-state index contributed by atoms with van der Waals surface area (Å²) in [5.74, 6) is -0.381. The Morgan fingerprint density at radius 3 is 2.45 bits per heavy atom. The van der Waals surface area contributed by atoms with Crippen molar-refractivity contribution < 1.29 is 19.8 Å². The number of nitrogens with one attached hydrogen (secondary N) is 1. The van der Waals surface area contributed by atoms with Gasteiger partial charge in [0.1, 0.15) is 5.54 Å². The summed E-state index contributed by atoms with van der Waals surface area (Å²) in [6.45, 7) is 1.19. The summed E-state index contributed by atoms with van der Waals surface area (Å²) < 4.78 is 0. The third kappa shape index (κ3) is 2.16. The van der Waals surface area contributed by atoms with E-state index in [2.05, 4.69) is 5.32 Å². The highest BCUT2D eigenvalue weighted by Gasteiger charge is 2.47. The number of amides is 2. The van der Waals surface area contributed by atoms with Gasteiger partial charge in [-0.15, -0.1) is 0 Å². The molecule has 3 atom stereocenters. The summed E-state index contributed by atoms with van der Waals surface area (Å²) in [7, 11) is 0. The van der Waals surface area contributed by atoms with Crippen LogP contribution in [0.2, 0.25) is 0 Å². The first-order valence-electron chi connectivity index (χ1n) is 7.50. The SMILES string of the molecule is O=C(NC1(C(=O)O)CCCC1)N1CC2CCC(O)C2C1. The van der Waals surface area contributed by atoms with Crippen molar-refractivity contribution in [1.29, 1.82) is 0 Å². The lowest BCUT2D eigenvalue weighted by molar-refractivity contribution is -0.144. The Balaban J connectivity index is 1.64. The standard InChI is InChI=1S/C14H22N2O4/c17-11-4-3-9-7-16(8-10(9)11)13(20)15-14(12(18)19)5-1-2-6-14/h9-11,17H,1-8H2,(H,15,20)(H,18,19). The number of hydrogen-bond acceptors (Lipinski definition) is 3. The van der Waals surface area contributed by atoms with Crippen LogP contribution in [0.15, 0.2) is 0 Å². The molecule has 1 aliphatic heterocycles. The molecule has 0 radical (unpaired) electrons. The third-order valence-electron chi connectivity index (χ3n) is 5.32. The molecule has 112 valence electrons. The van der Waals surface area contributed by atoms with Crippen LogP contribution in [0.25, 0.3) is 0 Å². The van der Waals surface area contributed by atoms with Gasteiger partial charge in [-0.2, -0.15) is 0 Å². The molecule has 0 aromatic carbocycles. The molecule has 3 fully saturated rings. The molecule has 1 heterocycles. The van der Waals surface area contributed by atoms with Crippen LogP contribution in [0.5, 0.6) is 0 Å². The molecular weight excluding hydrogens is 260 g/mol. The van der Waals surface area contributed by atoms with Gasteiger partial charge in [-0.05, 0) is 31.6 Å². The number of aliphatic hydroxyl groups excluding tert-OH is 1. The summed E-state index contributed by atoms with van der Waals surface area (Å²) >= 11 is 0. The summed E-state index contributed by atoms with van der Waals surface area (Å²) in [5.41, 5.74) is -1.08. The van der Waals surface area contributed by atoms with Gasteiger partial charge in [0, 0.05) is 19.0 Å². The van der Waals surface area contributed by atoms with Gasteiger partial charge in [0.25, 0.3) is 0 Å². The second-order valence-electron chi connectivity index (χ2n) is 6.50. The van der Waals surface area contributed by atoms with Crippen molar-refractivity contribution in [3.63, 3.8) is 0 Å². The second-order valence-corrected chi connectivity index (χ2v) is 6.50. The first-order valence-corrected chi connectivity index (χ1v) is 7.50. The van der Waals surface area contributed by atoms with Crippen molar-refractivity contribution in [1.82, 2.24) is 10.2 Å². The molecule has 6 nitrogen and oxygen atoms in total. The zero-order valence-electron chi connectivity index (χ0n) is 11.5. The summed E-state index contributed by atoms with van der Waals surface area (Å²) in [4.78, 5) is 25.4. The van der Waals surface area contributed by atoms with E-state index in [1.54, 1.807) is 4.90 Å². The molecule has 1 saturated heterocycles. The molecule has 0 spiro atoms. The second kappa shape index (κ2) is 4.91. The maximum Gasteiger partial charge on any atom is 0.329 e. The molecule has 3 N–H and O–H groups in total. The quantitative estimate of drug-likeness (QED) is 0.698. The number of carbonyl (C=O) groups excluding carboxylic acids is 1. The van der Waals surface area contributed by atoms with Gasteiger partial charge in [0.05, 0.1) is 6.10 Å². The number of carboxylic acid groups (broad SMARTS) is 1.